The van der Waals surface area contributed by atoms with Crippen LogP contribution in [0.25, 0.3) is 0 Å². The molecule has 0 bridgehead atoms. The first-order valence-electron chi connectivity index (χ1n) is 8.16. The maximum atomic E-state index is 13.3. The highest BCUT2D eigenvalue weighted by atomic mass is 19.2. The molecule has 1 aromatic carbocycles. The van der Waals surface area contributed by atoms with Gasteiger partial charge in [-0.1, -0.05) is 6.07 Å². The molecule has 5 nitrogen and oxygen atoms in total. The van der Waals surface area contributed by atoms with E-state index < -0.39 is 11.6 Å². The molecule has 0 unspecified atom stereocenters. The summed E-state index contributed by atoms with van der Waals surface area (Å²) < 4.78 is 31.9. The van der Waals surface area contributed by atoms with Crippen LogP contribution in [-0.2, 0) is 22.4 Å². The number of benzene rings is 1. The van der Waals surface area contributed by atoms with E-state index >= 15 is 0 Å². The fourth-order valence-corrected chi connectivity index (χ4v) is 2.90. The number of carbonyl (C=O) groups is 1. The van der Waals surface area contributed by atoms with Crippen LogP contribution in [0.3, 0.4) is 0 Å². The second-order valence-corrected chi connectivity index (χ2v) is 6.11. The zero-order valence-corrected chi connectivity index (χ0v) is 13.7. The van der Waals surface area contributed by atoms with Gasteiger partial charge in [-0.05, 0) is 30.2 Å². The van der Waals surface area contributed by atoms with Crippen LogP contribution in [-0.4, -0.2) is 47.1 Å². The van der Waals surface area contributed by atoms with Gasteiger partial charge in [0, 0.05) is 30.9 Å². The molecule has 0 N–H and O–H groups in total. The number of amides is 1. The van der Waals surface area contributed by atoms with Crippen LogP contribution < -0.4 is 0 Å². The van der Waals surface area contributed by atoms with Crippen molar-refractivity contribution in [3.63, 3.8) is 0 Å². The predicted molar refractivity (Wildman–Crippen MR) is 86.7 cm³/mol. The van der Waals surface area contributed by atoms with Gasteiger partial charge in [0.2, 0.25) is 5.91 Å². The Morgan fingerprint density at radius 1 is 1.28 bits per heavy atom. The summed E-state index contributed by atoms with van der Waals surface area (Å²) in [5.41, 5.74) is 1.36. The zero-order valence-electron chi connectivity index (χ0n) is 13.7. The van der Waals surface area contributed by atoms with Crippen LogP contribution >= 0.6 is 0 Å². The van der Waals surface area contributed by atoms with Crippen molar-refractivity contribution in [3.05, 3.63) is 59.7 Å². The van der Waals surface area contributed by atoms with Crippen LogP contribution in [0, 0.1) is 17.6 Å². The minimum Gasteiger partial charge on any atom is -0.379 e. The Labute approximate surface area is 144 Å². The number of hydrogen-bond acceptors (Lipinski definition) is 4. The topological polar surface area (TPSA) is 55.3 Å². The van der Waals surface area contributed by atoms with Crippen molar-refractivity contribution in [1.82, 2.24) is 14.9 Å². The lowest BCUT2D eigenvalue weighted by atomic mass is 10.0. The van der Waals surface area contributed by atoms with Crippen molar-refractivity contribution in [2.45, 2.75) is 12.8 Å². The summed E-state index contributed by atoms with van der Waals surface area (Å²) in [4.78, 5) is 22.4. The molecule has 2 heterocycles. The Hall–Kier alpha value is -2.41. The number of aromatic nitrogens is 2. The Bertz CT molecular complexity index is 728. The van der Waals surface area contributed by atoms with Crippen molar-refractivity contribution >= 4 is 5.91 Å². The van der Waals surface area contributed by atoms with E-state index in [4.69, 9.17) is 4.74 Å². The molecule has 3 rings (SSSR count). The van der Waals surface area contributed by atoms with E-state index in [0.717, 1.165) is 17.8 Å². The Kier molecular flexibility index (Phi) is 5.65. The van der Waals surface area contributed by atoms with Gasteiger partial charge in [0.1, 0.15) is 6.33 Å². The van der Waals surface area contributed by atoms with Crippen molar-refractivity contribution in [2.75, 3.05) is 26.3 Å². The van der Waals surface area contributed by atoms with E-state index in [-0.39, 0.29) is 18.2 Å². The lowest BCUT2D eigenvalue weighted by Crippen LogP contribution is -2.37. The minimum atomic E-state index is -0.939. The van der Waals surface area contributed by atoms with Gasteiger partial charge in [-0.2, -0.15) is 0 Å². The van der Waals surface area contributed by atoms with Gasteiger partial charge in [-0.3, -0.25) is 4.79 Å². The summed E-state index contributed by atoms with van der Waals surface area (Å²) in [6.07, 6.45) is 3.92. The van der Waals surface area contributed by atoms with Crippen molar-refractivity contribution in [3.8, 4) is 0 Å². The number of carbonyl (C=O) groups excluding carboxylic acids is 1. The molecule has 1 saturated heterocycles. The molecule has 1 aliphatic heterocycles. The monoisotopic (exact) mass is 347 g/mol. The molecular weight excluding hydrogens is 328 g/mol. The molecule has 0 radical (unpaired) electrons. The van der Waals surface area contributed by atoms with Crippen LogP contribution in [0.4, 0.5) is 8.78 Å². The molecule has 1 aromatic heterocycles. The molecule has 1 amide bonds. The molecular formula is C18H19F2N3O2. The fourth-order valence-electron chi connectivity index (χ4n) is 2.90. The molecule has 0 spiro atoms. The normalized spacial score (nSPS) is 18.0. The van der Waals surface area contributed by atoms with Crippen LogP contribution in [0.15, 0.2) is 36.8 Å². The van der Waals surface area contributed by atoms with Crippen LogP contribution in [0.1, 0.15) is 11.3 Å². The maximum absolute atomic E-state index is 13.3. The molecule has 132 valence electrons. The minimum absolute atomic E-state index is 0.0391. The van der Waals surface area contributed by atoms with Gasteiger partial charge < -0.3 is 9.64 Å². The highest BCUT2D eigenvalue weighted by Crippen LogP contribution is 2.15. The van der Waals surface area contributed by atoms with E-state index in [1.807, 2.05) is 6.07 Å². The molecule has 7 heteroatoms. The molecule has 1 fully saturated rings. The molecule has 1 aliphatic rings. The Morgan fingerprint density at radius 2 is 2.16 bits per heavy atom. The highest BCUT2D eigenvalue weighted by Gasteiger charge is 2.23. The third-order valence-corrected chi connectivity index (χ3v) is 4.17. The zero-order chi connectivity index (χ0) is 17.6. The summed E-state index contributed by atoms with van der Waals surface area (Å²) in [7, 11) is 0. The van der Waals surface area contributed by atoms with Crippen LogP contribution in [0.5, 0.6) is 0 Å². The average Bonchev–Trinajstić information content (AvgIpc) is 2.85. The van der Waals surface area contributed by atoms with Gasteiger partial charge >= 0.3 is 0 Å². The largest absolute Gasteiger partial charge is 0.379 e. The number of hydrogen-bond donors (Lipinski definition) is 0. The lowest BCUT2D eigenvalue weighted by Gasteiger charge is -2.23. The summed E-state index contributed by atoms with van der Waals surface area (Å²) in [6, 6.07) is 5.39. The summed E-state index contributed by atoms with van der Waals surface area (Å²) >= 11 is 0. The molecule has 1 atom stereocenters. The molecule has 2 aromatic rings. The first-order chi connectivity index (χ1) is 12.1. The van der Waals surface area contributed by atoms with Crippen molar-refractivity contribution in [1.29, 1.82) is 0 Å². The third-order valence-electron chi connectivity index (χ3n) is 4.17. The Morgan fingerprint density at radius 3 is 2.92 bits per heavy atom. The second kappa shape index (κ2) is 8.11. The van der Waals surface area contributed by atoms with Crippen LogP contribution in [0.2, 0.25) is 0 Å². The fraction of sp³-hybridized carbons (Fsp3) is 0.389. The standard InChI is InChI=1S/C18H19F2N3O2/c19-16-2-1-13(8-17(16)20)9-18(24)23-5-6-25-11-14(10-23)7-15-3-4-21-12-22-15/h1-4,8,12,14H,5-7,9-11H2/t14-/m0/s1. The smallest absolute Gasteiger partial charge is 0.227 e. The number of rotatable bonds is 4. The van der Waals surface area contributed by atoms with E-state index in [9.17, 15) is 13.6 Å². The number of halogens is 2. The second-order valence-electron chi connectivity index (χ2n) is 6.11. The van der Waals surface area contributed by atoms with E-state index in [1.54, 1.807) is 11.1 Å². The maximum Gasteiger partial charge on any atom is 0.227 e. The SMILES string of the molecule is O=C(Cc1ccc(F)c(F)c1)N1CCOC[C@@H](Cc2ccncn2)C1. The number of ether oxygens (including phenoxy) is 1. The summed E-state index contributed by atoms with van der Waals surface area (Å²) in [5.74, 6) is -1.84. The van der Waals surface area contributed by atoms with E-state index in [2.05, 4.69) is 9.97 Å². The van der Waals surface area contributed by atoms with Gasteiger partial charge in [0.15, 0.2) is 11.6 Å². The quantitative estimate of drug-likeness (QED) is 0.849. The average molecular weight is 347 g/mol. The van der Waals surface area contributed by atoms with E-state index in [0.29, 0.717) is 38.3 Å². The van der Waals surface area contributed by atoms with Gasteiger partial charge in [-0.25, -0.2) is 18.7 Å². The number of nitrogens with zero attached hydrogens (tertiary/aromatic N) is 3. The Balaban J connectivity index is 1.63. The predicted octanol–water partition coefficient (Wildman–Crippen LogP) is 2.02. The highest BCUT2D eigenvalue weighted by molar-refractivity contribution is 5.78. The van der Waals surface area contributed by atoms with Crippen molar-refractivity contribution in [2.24, 2.45) is 5.92 Å². The first-order valence-corrected chi connectivity index (χ1v) is 8.16. The van der Waals surface area contributed by atoms with E-state index in [1.165, 1.54) is 12.4 Å². The molecule has 25 heavy (non-hydrogen) atoms. The summed E-state index contributed by atoms with van der Waals surface area (Å²) in [5, 5.41) is 0. The molecule has 0 aliphatic carbocycles. The van der Waals surface area contributed by atoms with Crippen molar-refractivity contribution < 1.29 is 18.3 Å². The first kappa shape index (κ1) is 17.4. The van der Waals surface area contributed by atoms with Gasteiger partial charge in [0.05, 0.1) is 19.6 Å². The summed E-state index contributed by atoms with van der Waals surface area (Å²) in [6.45, 7) is 2.05. The lowest BCUT2D eigenvalue weighted by molar-refractivity contribution is -0.130. The molecule has 0 saturated carbocycles. The van der Waals surface area contributed by atoms with Gasteiger partial charge in [0.25, 0.3) is 0 Å². The van der Waals surface area contributed by atoms with Gasteiger partial charge in [-0.15, -0.1) is 0 Å². The third kappa shape index (κ3) is 4.79.